The maximum Gasteiger partial charge on any atom is 0.426 e. The number of benzene rings is 2. The Balaban J connectivity index is 1.33. The molecule has 3 aromatic rings. The fourth-order valence-corrected chi connectivity index (χ4v) is 2.29. The normalized spacial score (nSPS) is 10.7. The van der Waals surface area contributed by atoms with E-state index in [1.165, 1.54) is 18.4 Å². The van der Waals surface area contributed by atoms with Gasteiger partial charge in [-0.25, -0.2) is 10.2 Å². The van der Waals surface area contributed by atoms with Crippen molar-refractivity contribution in [2.24, 2.45) is 0 Å². The predicted molar refractivity (Wildman–Crippen MR) is 99.8 cm³/mol. The van der Waals surface area contributed by atoms with Crippen molar-refractivity contribution in [2.75, 3.05) is 13.2 Å². The monoisotopic (exact) mass is 366 g/mol. The second-order valence-corrected chi connectivity index (χ2v) is 5.46. The molecule has 0 bridgehead atoms. The van der Waals surface area contributed by atoms with Crippen molar-refractivity contribution >= 4 is 28.8 Å². The Morgan fingerprint density at radius 1 is 0.963 bits per heavy atom. The van der Waals surface area contributed by atoms with E-state index in [4.69, 9.17) is 13.9 Å². The molecule has 7 heteroatoms. The Kier molecular flexibility index (Phi) is 6.08. The summed E-state index contributed by atoms with van der Waals surface area (Å²) in [6.07, 6.45) is 3.41. The molecule has 0 fully saturated rings. The van der Waals surface area contributed by atoms with E-state index >= 15 is 0 Å². The zero-order valence-corrected chi connectivity index (χ0v) is 14.4. The van der Waals surface area contributed by atoms with Crippen LogP contribution in [0.15, 0.2) is 71.4 Å². The SMILES string of the molecule is O=C(/C=C/c1ccco1)NNC(=O)OCCOc1ccc2ccccc2c1. The van der Waals surface area contributed by atoms with Gasteiger partial charge in [-0.15, -0.1) is 0 Å². The highest BCUT2D eigenvalue weighted by Crippen LogP contribution is 2.20. The van der Waals surface area contributed by atoms with Gasteiger partial charge in [-0.2, -0.15) is 0 Å². The number of nitrogens with one attached hydrogen (secondary N) is 2. The summed E-state index contributed by atoms with van der Waals surface area (Å²) in [5.41, 5.74) is 4.33. The first-order valence-corrected chi connectivity index (χ1v) is 8.27. The maximum absolute atomic E-state index is 11.5. The number of carbonyl (C=O) groups is 2. The van der Waals surface area contributed by atoms with E-state index < -0.39 is 12.0 Å². The van der Waals surface area contributed by atoms with Crippen LogP contribution < -0.4 is 15.6 Å². The summed E-state index contributed by atoms with van der Waals surface area (Å²) in [4.78, 5) is 23.1. The Hall–Kier alpha value is -3.74. The van der Waals surface area contributed by atoms with Gasteiger partial charge in [0.15, 0.2) is 0 Å². The van der Waals surface area contributed by atoms with Crippen LogP contribution in [0.2, 0.25) is 0 Å². The van der Waals surface area contributed by atoms with Crippen molar-refractivity contribution in [1.82, 2.24) is 10.9 Å². The molecular weight excluding hydrogens is 348 g/mol. The fourth-order valence-electron chi connectivity index (χ4n) is 2.29. The predicted octanol–water partition coefficient (Wildman–Crippen LogP) is 3.28. The molecule has 1 heterocycles. The highest BCUT2D eigenvalue weighted by atomic mass is 16.6. The lowest BCUT2D eigenvalue weighted by molar-refractivity contribution is -0.117. The Bertz CT molecular complexity index is 934. The van der Waals surface area contributed by atoms with Gasteiger partial charge in [0.2, 0.25) is 0 Å². The van der Waals surface area contributed by atoms with E-state index in [0.29, 0.717) is 11.5 Å². The second-order valence-electron chi connectivity index (χ2n) is 5.46. The third-order valence-electron chi connectivity index (χ3n) is 3.54. The molecule has 2 N–H and O–H groups in total. The number of hydrogen-bond acceptors (Lipinski definition) is 5. The van der Waals surface area contributed by atoms with Gasteiger partial charge in [0.25, 0.3) is 5.91 Å². The van der Waals surface area contributed by atoms with Crippen LogP contribution in [0.3, 0.4) is 0 Å². The molecule has 0 radical (unpaired) electrons. The minimum absolute atomic E-state index is 0.0385. The summed E-state index contributed by atoms with van der Waals surface area (Å²) in [6.45, 7) is 0.231. The lowest BCUT2D eigenvalue weighted by atomic mass is 10.1. The van der Waals surface area contributed by atoms with Crippen LogP contribution in [0.5, 0.6) is 5.75 Å². The molecule has 7 nitrogen and oxygen atoms in total. The van der Waals surface area contributed by atoms with E-state index in [0.717, 1.165) is 10.8 Å². The molecule has 138 valence electrons. The average Bonchev–Trinajstić information content (AvgIpc) is 3.21. The largest absolute Gasteiger partial charge is 0.490 e. The smallest absolute Gasteiger partial charge is 0.426 e. The highest BCUT2D eigenvalue weighted by Gasteiger charge is 2.04. The molecule has 27 heavy (non-hydrogen) atoms. The van der Waals surface area contributed by atoms with Crippen molar-refractivity contribution in [1.29, 1.82) is 0 Å². The first-order valence-electron chi connectivity index (χ1n) is 8.27. The number of carbonyl (C=O) groups excluding carboxylic acids is 2. The van der Waals surface area contributed by atoms with Crippen molar-refractivity contribution in [3.05, 3.63) is 72.7 Å². The number of hydrazine groups is 1. The third-order valence-corrected chi connectivity index (χ3v) is 3.54. The highest BCUT2D eigenvalue weighted by molar-refractivity contribution is 5.92. The number of furan rings is 1. The minimum atomic E-state index is -0.781. The van der Waals surface area contributed by atoms with Crippen LogP contribution in [0, 0.1) is 0 Å². The quantitative estimate of drug-likeness (QED) is 0.397. The van der Waals surface area contributed by atoms with Gasteiger partial charge in [-0.05, 0) is 41.1 Å². The van der Waals surface area contributed by atoms with E-state index in [-0.39, 0.29) is 13.2 Å². The van der Waals surface area contributed by atoms with Crippen LogP contribution >= 0.6 is 0 Å². The van der Waals surface area contributed by atoms with Gasteiger partial charge in [0, 0.05) is 6.08 Å². The van der Waals surface area contributed by atoms with Gasteiger partial charge in [0.1, 0.15) is 24.7 Å². The van der Waals surface area contributed by atoms with Gasteiger partial charge >= 0.3 is 6.09 Å². The van der Waals surface area contributed by atoms with Gasteiger partial charge < -0.3 is 13.9 Å². The molecule has 0 aliphatic rings. The molecule has 2 amide bonds. The van der Waals surface area contributed by atoms with Crippen LogP contribution in [0.4, 0.5) is 4.79 Å². The average molecular weight is 366 g/mol. The molecule has 0 aliphatic carbocycles. The van der Waals surface area contributed by atoms with Crippen LogP contribution in [0.25, 0.3) is 16.8 Å². The van der Waals surface area contributed by atoms with Crippen LogP contribution in [-0.2, 0) is 9.53 Å². The summed E-state index contributed by atoms with van der Waals surface area (Å²) < 4.78 is 15.5. The lowest BCUT2D eigenvalue weighted by Crippen LogP contribution is -2.41. The van der Waals surface area contributed by atoms with Gasteiger partial charge in [-0.1, -0.05) is 30.3 Å². The number of ether oxygens (including phenoxy) is 2. The van der Waals surface area contributed by atoms with Crippen molar-refractivity contribution in [3.8, 4) is 5.75 Å². The molecule has 0 unspecified atom stereocenters. The number of amides is 2. The molecule has 2 aromatic carbocycles. The van der Waals surface area contributed by atoms with Crippen molar-refractivity contribution in [3.63, 3.8) is 0 Å². The van der Waals surface area contributed by atoms with Crippen molar-refractivity contribution < 1.29 is 23.5 Å². The summed E-state index contributed by atoms with van der Waals surface area (Å²) in [5.74, 6) is 0.698. The van der Waals surface area contributed by atoms with Gasteiger partial charge in [-0.3, -0.25) is 10.2 Å². The molecular formula is C20H18N2O5. The Morgan fingerprint density at radius 3 is 2.63 bits per heavy atom. The van der Waals surface area contributed by atoms with Crippen LogP contribution in [-0.4, -0.2) is 25.2 Å². The number of fused-ring (bicyclic) bond motifs is 1. The minimum Gasteiger partial charge on any atom is -0.490 e. The number of hydrogen-bond donors (Lipinski definition) is 2. The summed E-state index contributed by atoms with van der Waals surface area (Å²) in [7, 11) is 0. The standard InChI is InChI=1S/C20H18N2O5/c23-19(10-9-17-6-3-11-25-17)21-22-20(24)27-13-12-26-18-8-7-15-4-1-2-5-16(15)14-18/h1-11,14H,12-13H2,(H,21,23)(H,22,24)/b10-9+. The molecule has 0 atom stereocenters. The number of rotatable bonds is 6. The molecule has 0 saturated heterocycles. The molecule has 0 saturated carbocycles. The zero-order valence-electron chi connectivity index (χ0n) is 14.4. The Labute approximate surface area is 155 Å². The van der Waals surface area contributed by atoms with E-state index in [9.17, 15) is 9.59 Å². The van der Waals surface area contributed by atoms with E-state index in [1.807, 2.05) is 42.5 Å². The Morgan fingerprint density at radius 2 is 1.81 bits per heavy atom. The summed E-state index contributed by atoms with van der Waals surface area (Å²) in [6, 6.07) is 17.1. The molecule has 3 rings (SSSR count). The lowest BCUT2D eigenvalue weighted by Gasteiger charge is -2.09. The maximum atomic E-state index is 11.5. The topological polar surface area (TPSA) is 89.8 Å². The van der Waals surface area contributed by atoms with Crippen molar-refractivity contribution in [2.45, 2.75) is 0 Å². The zero-order chi connectivity index (χ0) is 18.9. The van der Waals surface area contributed by atoms with Gasteiger partial charge in [0.05, 0.1) is 6.26 Å². The summed E-state index contributed by atoms with van der Waals surface area (Å²) >= 11 is 0. The summed E-state index contributed by atoms with van der Waals surface area (Å²) in [5, 5.41) is 2.19. The molecule has 1 aromatic heterocycles. The molecule has 0 spiro atoms. The first-order chi connectivity index (χ1) is 13.2. The third kappa shape index (κ3) is 5.64. The first kappa shape index (κ1) is 18.1. The van der Waals surface area contributed by atoms with E-state index in [2.05, 4.69) is 10.9 Å². The second kappa shape index (κ2) is 9.10. The fraction of sp³-hybridized carbons (Fsp3) is 0.100. The molecule has 0 aliphatic heterocycles. The van der Waals surface area contributed by atoms with E-state index in [1.54, 1.807) is 12.1 Å². The van der Waals surface area contributed by atoms with Crippen LogP contribution in [0.1, 0.15) is 5.76 Å².